The van der Waals surface area contributed by atoms with Gasteiger partial charge in [-0.15, -0.1) is 12.6 Å². The van der Waals surface area contributed by atoms with Crippen LogP contribution in [0.25, 0.3) is 0 Å². The Morgan fingerprint density at radius 3 is 2.75 bits per heavy atom. The Kier molecular flexibility index (Phi) is 1.61. The molecule has 0 unspecified atom stereocenters. The Labute approximate surface area is 74.6 Å². The van der Waals surface area contributed by atoms with Crippen molar-refractivity contribution in [2.45, 2.75) is 23.7 Å². The molecule has 0 atom stereocenters. The maximum Gasteiger partial charge on any atom is 0.266 e. The summed E-state index contributed by atoms with van der Waals surface area (Å²) in [6.45, 7) is 0. The van der Waals surface area contributed by atoms with Crippen molar-refractivity contribution >= 4 is 18.4 Å². The van der Waals surface area contributed by atoms with Crippen LogP contribution in [0.2, 0.25) is 0 Å². The van der Waals surface area contributed by atoms with Crippen LogP contribution in [0.3, 0.4) is 0 Å². The lowest BCUT2D eigenvalue weighted by molar-refractivity contribution is 0.889. The van der Waals surface area contributed by atoms with Crippen molar-refractivity contribution in [2.24, 2.45) is 0 Å². The number of thiol groups is 1. The third-order valence-electron chi connectivity index (χ3n) is 1.90. The molecule has 1 aliphatic carbocycles. The molecule has 64 valence electrons. The monoisotopic (exact) mass is 183 g/mol. The van der Waals surface area contributed by atoms with Gasteiger partial charge in [0, 0.05) is 5.92 Å². The summed E-state index contributed by atoms with van der Waals surface area (Å²) in [5, 5.41) is 0. The lowest BCUT2D eigenvalue weighted by Crippen LogP contribution is -2.14. The maximum absolute atomic E-state index is 11.1. The van der Waals surface area contributed by atoms with Crippen molar-refractivity contribution in [1.29, 1.82) is 0 Å². The van der Waals surface area contributed by atoms with Crippen LogP contribution in [0.4, 0.5) is 5.82 Å². The maximum atomic E-state index is 11.1. The standard InChI is InChI=1S/C7H9N3OS/c8-5-4(12)7(11)10-6(9-5)3-1-2-3/h3,12H,1-2H2,(H3,8,9,10,11). The van der Waals surface area contributed by atoms with Gasteiger partial charge in [-0.1, -0.05) is 0 Å². The minimum absolute atomic E-state index is 0.208. The minimum Gasteiger partial charge on any atom is -0.383 e. The molecule has 4 nitrogen and oxygen atoms in total. The van der Waals surface area contributed by atoms with E-state index in [1.165, 1.54) is 0 Å². The first-order valence-corrected chi connectivity index (χ1v) is 4.22. The molecular weight excluding hydrogens is 174 g/mol. The number of anilines is 1. The Morgan fingerprint density at radius 2 is 2.25 bits per heavy atom. The second kappa shape index (κ2) is 2.52. The van der Waals surface area contributed by atoms with Gasteiger partial charge in [-0.25, -0.2) is 4.98 Å². The summed E-state index contributed by atoms with van der Waals surface area (Å²) >= 11 is 3.92. The van der Waals surface area contributed by atoms with Crippen molar-refractivity contribution in [3.05, 3.63) is 16.2 Å². The molecule has 1 aromatic heterocycles. The SMILES string of the molecule is Nc1nc(C2CC2)[nH]c(=O)c1S. The van der Waals surface area contributed by atoms with E-state index in [2.05, 4.69) is 22.6 Å². The molecule has 0 saturated heterocycles. The Balaban J connectivity index is 2.53. The van der Waals surface area contributed by atoms with Crippen LogP contribution in [-0.4, -0.2) is 9.97 Å². The van der Waals surface area contributed by atoms with Gasteiger partial charge < -0.3 is 10.7 Å². The average molecular weight is 183 g/mol. The van der Waals surface area contributed by atoms with Gasteiger partial charge in [-0.2, -0.15) is 0 Å². The predicted octanol–water partition coefficient (Wildman–Crippen LogP) is 0.518. The summed E-state index contributed by atoms with van der Waals surface area (Å²) in [6.07, 6.45) is 2.18. The third kappa shape index (κ3) is 1.20. The number of nitrogens with zero attached hydrogens (tertiary/aromatic N) is 1. The zero-order valence-electron chi connectivity index (χ0n) is 6.37. The van der Waals surface area contributed by atoms with Gasteiger partial charge in [0.2, 0.25) is 0 Å². The molecule has 1 aliphatic rings. The van der Waals surface area contributed by atoms with Gasteiger partial charge >= 0.3 is 0 Å². The fraction of sp³-hybridized carbons (Fsp3) is 0.429. The highest BCUT2D eigenvalue weighted by atomic mass is 32.1. The van der Waals surface area contributed by atoms with Crippen molar-refractivity contribution in [2.75, 3.05) is 5.73 Å². The Hall–Kier alpha value is -0.970. The Bertz CT molecular complexity index is 369. The minimum atomic E-state index is -0.243. The van der Waals surface area contributed by atoms with Gasteiger partial charge in [0.05, 0.1) is 0 Å². The first-order chi connectivity index (χ1) is 5.68. The second-order valence-electron chi connectivity index (χ2n) is 2.96. The molecule has 1 heterocycles. The van der Waals surface area contributed by atoms with Crippen molar-refractivity contribution < 1.29 is 0 Å². The third-order valence-corrected chi connectivity index (χ3v) is 2.34. The molecule has 3 N–H and O–H groups in total. The summed E-state index contributed by atoms with van der Waals surface area (Å²) in [5.41, 5.74) is 5.24. The molecule has 1 fully saturated rings. The second-order valence-corrected chi connectivity index (χ2v) is 3.41. The molecular formula is C7H9N3OS. The molecule has 0 spiro atoms. The number of hydrogen-bond donors (Lipinski definition) is 3. The summed E-state index contributed by atoms with van der Waals surface area (Å²) in [7, 11) is 0. The summed E-state index contributed by atoms with van der Waals surface area (Å²) < 4.78 is 0. The van der Waals surface area contributed by atoms with Crippen LogP contribution in [0.15, 0.2) is 9.69 Å². The summed E-state index contributed by atoms with van der Waals surface area (Å²) in [4.78, 5) is 18.0. The van der Waals surface area contributed by atoms with E-state index in [-0.39, 0.29) is 16.3 Å². The van der Waals surface area contributed by atoms with Gasteiger partial charge in [0.15, 0.2) is 0 Å². The highest BCUT2D eigenvalue weighted by Gasteiger charge is 2.26. The molecule has 1 aromatic rings. The number of nitrogen functional groups attached to an aromatic ring is 1. The van der Waals surface area contributed by atoms with Crippen LogP contribution >= 0.6 is 12.6 Å². The van der Waals surface area contributed by atoms with E-state index < -0.39 is 0 Å². The summed E-state index contributed by atoms with van der Waals surface area (Å²) in [6, 6.07) is 0. The number of rotatable bonds is 1. The lowest BCUT2D eigenvalue weighted by Gasteiger charge is -2.00. The molecule has 12 heavy (non-hydrogen) atoms. The highest BCUT2D eigenvalue weighted by molar-refractivity contribution is 7.80. The van der Waals surface area contributed by atoms with Crippen molar-refractivity contribution in [3.8, 4) is 0 Å². The molecule has 0 amide bonds. The topological polar surface area (TPSA) is 71.8 Å². The van der Waals surface area contributed by atoms with E-state index in [1.54, 1.807) is 0 Å². The molecule has 0 bridgehead atoms. The molecule has 1 saturated carbocycles. The van der Waals surface area contributed by atoms with Crippen LogP contribution < -0.4 is 11.3 Å². The van der Waals surface area contributed by atoms with Crippen LogP contribution in [0, 0.1) is 0 Å². The summed E-state index contributed by atoms with van der Waals surface area (Å²) in [5.74, 6) is 1.34. The quantitative estimate of drug-likeness (QED) is 0.556. The van der Waals surface area contributed by atoms with Gasteiger partial charge in [-0.05, 0) is 12.8 Å². The molecule has 5 heteroatoms. The van der Waals surface area contributed by atoms with Gasteiger partial charge in [0.25, 0.3) is 5.56 Å². The number of aromatic amines is 1. The number of aromatic nitrogens is 2. The molecule has 0 aliphatic heterocycles. The zero-order chi connectivity index (χ0) is 8.72. The van der Waals surface area contributed by atoms with Gasteiger partial charge in [-0.3, -0.25) is 4.79 Å². The predicted molar refractivity (Wildman–Crippen MR) is 48.5 cm³/mol. The smallest absolute Gasteiger partial charge is 0.266 e. The molecule has 0 aromatic carbocycles. The van der Waals surface area contributed by atoms with Crippen molar-refractivity contribution in [3.63, 3.8) is 0 Å². The number of nitrogens with one attached hydrogen (secondary N) is 1. The highest BCUT2D eigenvalue weighted by Crippen LogP contribution is 2.37. The van der Waals surface area contributed by atoms with E-state index >= 15 is 0 Å². The van der Waals surface area contributed by atoms with E-state index in [0.717, 1.165) is 12.8 Å². The van der Waals surface area contributed by atoms with E-state index in [4.69, 9.17) is 5.73 Å². The normalized spacial score (nSPS) is 16.4. The number of hydrogen-bond acceptors (Lipinski definition) is 4. The van der Waals surface area contributed by atoms with Crippen LogP contribution in [0.5, 0.6) is 0 Å². The Morgan fingerprint density at radius 1 is 1.58 bits per heavy atom. The van der Waals surface area contributed by atoms with E-state index in [1.807, 2.05) is 0 Å². The number of H-pyrrole nitrogens is 1. The van der Waals surface area contributed by atoms with E-state index in [0.29, 0.717) is 11.7 Å². The molecule has 2 rings (SSSR count). The largest absolute Gasteiger partial charge is 0.383 e. The van der Waals surface area contributed by atoms with Crippen LogP contribution in [0.1, 0.15) is 24.6 Å². The van der Waals surface area contributed by atoms with Crippen molar-refractivity contribution in [1.82, 2.24) is 9.97 Å². The first kappa shape index (κ1) is 7.67. The fourth-order valence-electron chi connectivity index (χ4n) is 1.05. The van der Waals surface area contributed by atoms with Gasteiger partial charge in [0.1, 0.15) is 16.5 Å². The number of nitrogens with two attached hydrogens (primary N) is 1. The lowest BCUT2D eigenvalue weighted by atomic mass is 10.4. The molecule has 0 radical (unpaired) electrons. The van der Waals surface area contributed by atoms with E-state index in [9.17, 15) is 4.79 Å². The fourth-order valence-corrected chi connectivity index (χ4v) is 1.16. The first-order valence-electron chi connectivity index (χ1n) is 3.77. The zero-order valence-corrected chi connectivity index (χ0v) is 7.27. The average Bonchev–Trinajstić information content (AvgIpc) is 2.81. The van der Waals surface area contributed by atoms with Crippen LogP contribution in [-0.2, 0) is 0 Å².